The Balaban J connectivity index is 1.81. The van der Waals surface area contributed by atoms with Gasteiger partial charge < -0.3 is 10.1 Å². The highest BCUT2D eigenvalue weighted by molar-refractivity contribution is 7.90. The van der Waals surface area contributed by atoms with Crippen LogP contribution in [0.3, 0.4) is 0 Å². The first-order valence-corrected chi connectivity index (χ1v) is 15.7. The Hall–Kier alpha value is -3.52. The van der Waals surface area contributed by atoms with E-state index in [0.29, 0.717) is 11.1 Å². The maximum absolute atomic E-state index is 14.7. The molecule has 0 spiro atoms. The van der Waals surface area contributed by atoms with Crippen LogP contribution in [0.5, 0.6) is 0 Å². The van der Waals surface area contributed by atoms with Crippen molar-refractivity contribution in [2.75, 3.05) is 19.3 Å². The van der Waals surface area contributed by atoms with Crippen molar-refractivity contribution in [3.05, 3.63) is 54.1 Å². The average Bonchev–Trinajstić information content (AvgIpc) is 3.24. The highest BCUT2D eigenvalue weighted by Crippen LogP contribution is 2.35. The molecule has 2 amide bonds. The number of amides is 2. The van der Waals surface area contributed by atoms with E-state index in [4.69, 9.17) is 4.74 Å². The van der Waals surface area contributed by atoms with Gasteiger partial charge in [-0.1, -0.05) is 36.4 Å². The molecule has 2 N–H and O–H groups in total. The van der Waals surface area contributed by atoms with Gasteiger partial charge in [0, 0.05) is 12.7 Å². The van der Waals surface area contributed by atoms with E-state index in [1.54, 1.807) is 20.8 Å². The Kier molecular flexibility index (Phi) is 10.2. The molecular weight excluding hydrogens is 606 g/mol. The minimum atomic E-state index is -4.89. The molecule has 9 nitrogen and oxygen atoms in total. The molecule has 44 heavy (non-hydrogen) atoms. The van der Waals surface area contributed by atoms with E-state index in [9.17, 15) is 40.4 Å². The summed E-state index contributed by atoms with van der Waals surface area (Å²) in [5.74, 6) is -1.58. The summed E-state index contributed by atoms with van der Waals surface area (Å²) in [4.78, 5) is 39.3. The first-order valence-electron chi connectivity index (χ1n) is 13.8. The van der Waals surface area contributed by atoms with E-state index in [1.807, 2.05) is 0 Å². The third-order valence-corrected chi connectivity index (χ3v) is 7.80. The lowest BCUT2D eigenvalue weighted by Crippen LogP contribution is -2.54. The zero-order valence-corrected chi connectivity index (χ0v) is 26.1. The van der Waals surface area contributed by atoms with E-state index in [0.717, 1.165) is 25.0 Å². The molecule has 1 fully saturated rings. The number of hydrogen-bond acceptors (Lipinski definition) is 7. The molecule has 14 heteroatoms. The van der Waals surface area contributed by atoms with Crippen molar-refractivity contribution in [1.29, 1.82) is 0 Å². The summed E-state index contributed by atoms with van der Waals surface area (Å²) in [5, 5.41) is 4.62. The fourth-order valence-corrected chi connectivity index (χ4v) is 5.24. The molecule has 3 atom stereocenters. The number of carbonyl (C=O) groups excluding carboxylic acids is 3. The van der Waals surface area contributed by atoms with E-state index in [-0.39, 0.29) is 23.5 Å². The molecule has 1 unspecified atom stereocenters. The molecule has 1 heterocycles. The fraction of sp³-hybridized carbons (Fsp3) is 0.500. The zero-order valence-electron chi connectivity index (χ0n) is 25.3. The Bertz CT molecular complexity index is 1460. The topological polar surface area (TPSA) is 122 Å². The maximum atomic E-state index is 14.7. The van der Waals surface area contributed by atoms with Crippen LogP contribution in [0, 0.1) is 0 Å². The second-order valence-corrected chi connectivity index (χ2v) is 14.4. The second kappa shape index (κ2) is 12.8. The number of nitrogens with one attached hydrogen (secondary N) is 2. The van der Waals surface area contributed by atoms with Crippen molar-refractivity contribution in [3.63, 3.8) is 0 Å². The molecular formula is C30H37F4N3O6S. The van der Waals surface area contributed by atoms with E-state index in [2.05, 4.69) is 10.6 Å². The quantitative estimate of drug-likeness (QED) is 0.378. The van der Waals surface area contributed by atoms with Crippen LogP contribution in [0.15, 0.2) is 53.4 Å². The van der Waals surface area contributed by atoms with Gasteiger partial charge in [-0.05, 0) is 63.4 Å². The number of nitrogens with zero attached hydrogens (tertiary/aromatic N) is 1. The Morgan fingerprint density at radius 3 is 1.93 bits per heavy atom. The lowest BCUT2D eigenvalue weighted by molar-refractivity contribution is -0.161. The third-order valence-electron chi connectivity index (χ3n) is 6.67. The number of Topliss-reactive ketones (excluding diaryl/α,β-unsaturated/α-hetero) is 1. The van der Waals surface area contributed by atoms with Crippen LogP contribution >= 0.6 is 0 Å². The predicted molar refractivity (Wildman–Crippen MR) is 155 cm³/mol. The summed E-state index contributed by atoms with van der Waals surface area (Å²) in [6.45, 7) is 6.54. The van der Waals surface area contributed by atoms with Gasteiger partial charge in [0.15, 0.2) is 15.6 Å². The van der Waals surface area contributed by atoms with Gasteiger partial charge >= 0.3 is 12.3 Å². The van der Waals surface area contributed by atoms with E-state index in [1.165, 1.54) is 48.5 Å². The largest absolute Gasteiger partial charge is 0.444 e. The molecule has 2 aromatic rings. The summed E-state index contributed by atoms with van der Waals surface area (Å²) >= 11 is 0. The van der Waals surface area contributed by atoms with E-state index >= 15 is 0 Å². The van der Waals surface area contributed by atoms with Crippen LogP contribution in [0.2, 0.25) is 0 Å². The van der Waals surface area contributed by atoms with Gasteiger partial charge in [-0.15, -0.1) is 0 Å². The molecule has 0 aliphatic carbocycles. The molecule has 2 aromatic carbocycles. The minimum absolute atomic E-state index is 0.0937. The van der Waals surface area contributed by atoms with Gasteiger partial charge in [0.05, 0.1) is 24.0 Å². The number of ether oxygens (including phenoxy) is 1. The fourth-order valence-electron chi connectivity index (χ4n) is 4.61. The van der Waals surface area contributed by atoms with Gasteiger partial charge in [0.1, 0.15) is 23.4 Å². The normalized spacial score (nSPS) is 17.7. The Morgan fingerprint density at radius 1 is 0.955 bits per heavy atom. The number of sulfone groups is 1. The number of ketones is 1. The van der Waals surface area contributed by atoms with Gasteiger partial charge in [0.2, 0.25) is 5.91 Å². The SMILES string of the molecule is CC(C)(F)C[C@H](N[C@@H](c1ccc(-c2ccc(S(C)(=O)=O)cc2)cc1)C(F)(F)F)C(=O)NC1CN(C(=O)OC(C)(C)C)CC1=O. The Labute approximate surface area is 254 Å². The van der Waals surface area contributed by atoms with Crippen LogP contribution < -0.4 is 10.6 Å². The first-order chi connectivity index (χ1) is 20.0. The number of likely N-dealkylation sites (tertiary alicyclic amines) is 1. The van der Waals surface area contributed by atoms with Gasteiger partial charge in [-0.3, -0.25) is 19.8 Å². The average molecular weight is 644 g/mol. The maximum Gasteiger partial charge on any atom is 0.410 e. The molecule has 0 saturated carbocycles. The summed E-state index contributed by atoms with van der Waals surface area (Å²) < 4.78 is 86.4. The second-order valence-electron chi connectivity index (χ2n) is 12.4. The smallest absolute Gasteiger partial charge is 0.410 e. The van der Waals surface area contributed by atoms with Crippen LogP contribution in [0.1, 0.15) is 52.6 Å². The van der Waals surface area contributed by atoms with Crippen LogP contribution in [0.4, 0.5) is 22.4 Å². The van der Waals surface area contributed by atoms with Crippen LogP contribution in [0.25, 0.3) is 11.1 Å². The first kappa shape index (κ1) is 35.0. The lowest BCUT2D eigenvalue weighted by Gasteiger charge is -2.30. The predicted octanol–water partition coefficient (Wildman–Crippen LogP) is 4.76. The molecule has 3 rings (SSSR count). The highest BCUT2D eigenvalue weighted by Gasteiger charge is 2.45. The molecule has 1 aliphatic rings. The lowest BCUT2D eigenvalue weighted by atomic mass is 9.96. The standard InChI is InChI=1S/C30H37F4N3O6S/c1-28(2,3)43-27(40)37-16-23(24(38)17-37)36-26(39)22(15-29(4,5)31)35-25(30(32,33)34)20-9-7-18(8-10-20)19-11-13-21(14-12-19)44(6,41)42/h7-14,22-23,25,35H,15-17H2,1-6H3,(H,36,39)/t22-,23?,25-/m0/s1. The van der Waals surface area contributed by atoms with Crippen molar-refractivity contribution in [2.45, 2.75) is 81.5 Å². The minimum Gasteiger partial charge on any atom is -0.444 e. The van der Waals surface area contributed by atoms with Gasteiger partial charge in [-0.2, -0.15) is 13.2 Å². The number of hydrogen-bond donors (Lipinski definition) is 2. The van der Waals surface area contributed by atoms with E-state index < -0.39 is 69.6 Å². The molecule has 1 aliphatic heterocycles. The van der Waals surface area contributed by atoms with Gasteiger partial charge in [-0.25, -0.2) is 17.6 Å². The van der Waals surface area contributed by atoms with Crippen LogP contribution in [-0.4, -0.2) is 80.0 Å². The van der Waals surface area contributed by atoms with Crippen molar-refractivity contribution < 1.29 is 45.1 Å². The summed E-state index contributed by atoms with van der Waals surface area (Å²) in [6, 6.07) is 5.81. The monoisotopic (exact) mass is 643 g/mol. The number of benzene rings is 2. The Morgan fingerprint density at radius 2 is 1.48 bits per heavy atom. The number of alkyl halides is 4. The number of halogens is 4. The van der Waals surface area contributed by atoms with Gasteiger partial charge in [0.25, 0.3) is 0 Å². The summed E-state index contributed by atoms with van der Waals surface area (Å²) in [7, 11) is -3.43. The summed E-state index contributed by atoms with van der Waals surface area (Å²) in [6.07, 6.45) is -5.27. The molecule has 242 valence electrons. The molecule has 0 bridgehead atoms. The molecule has 0 radical (unpaired) electrons. The molecule has 0 aromatic heterocycles. The summed E-state index contributed by atoms with van der Waals surface area (Å²) in [5.41, 5.74) is -2.06. The van der Waals surface area contributed by atoms with Crippen molar-refractivity contribution >= 4 is 27.6 Å². The van der Waals surface area contributed by atoms with Crippen molar-refractivity contribution in [2.24, 2.45) is 0 Å². The zero-order chi connectivity index (χ0) is 33.3. The highest BCUT2D eigenvalue weighted by atomic mass is 32.2. The third kappa shape index (κ3) is 9.74. The molecule has 1 saturated heterocycles. The van der Waals surface area contributed by atoms with Crippen molar-refractivity contribution in [3.8, 4) is 11.1 Å². The van der Waals surface area contributed by atoms with Crippen LogP contribution in [-0.2, 0) is 24.2 Å². The number of carbonyl (C=O) groups is 3. The van der Waals surface area contributed by atoms with Crippen molar-refractivity contribution in [1.82, 2.24) is 15.5 Å². The number of rotatable bonds is 9.